The molecule has 0 atom stereocenters. The maximum atomic E-state index is 12.0. The number of carboxylic acids is 6. The van der Waals surface area contributed by atoms with Gasteiger partial charge in [-0.3, -0.25) is 33.7 Å². The van der Waals surface area contributed by atoms with Gasteiger partial charge in [-0.1, -0.05) is 0 Å². The van der Waals surface area contributed by atoms with E-state index in [9.17, 15) is 59.4 Å². The summed E-state index contributed by atoms with van der Waals surface area (Å²) in [6.45, 7) is -0.829. The zero-order valence-electron chi connectivity index (χ0n) is 21.1. The number of nitrogens with zero attached hydrogens (tertiary/aromatic N) is 1. The Bertz CT molecular complexity index is 787. The number of nitrogens with one attached hydrogen (secondary N) is 2. The lowest BCUT2D eigenvalue weighted by Gasteiger charge is -2.53. The van der Waals surface area contributed by atoms with Gasteiger partial charge in [0.05, 0.1) is 44.3 Å². The van der Waals surface area contributed by atoms with Crippen molar-refractivity contribution in [2.75, 3.05) is 45.8 Å². The number of carboxylic acid groups (broad SMARTS) is 6. The number of hydrogen-bond donors (Lipinski definition) is 9. The van der Waals surface area contributed by atoms with Crippen LogP contribution in [-0.2, 0) is 28.8 Å². The van der Waals surface area contributed by atoms with Crippen molar-refractivity contribution < 1.29 is 59.4 Å². The molecule has 0 bridgehead atoms. The van der Waals surface area contributed by atoms with E-state index in [0.717, 1.165) is 6.42 Å². The highest BCUT2D eigenvalue weighted by Crippen LogP contribution is 2.47. The number of unbranched alkanes of at least 4 members (excludes halogenated alkanes) is 1. The van der Waals surface area contributed by atoms with Gasteiger partial charge in [0, 0.05) is 12.0 Å². The van der Waals surface area contributed by atoms with Crippen molar-refractivity contribution in [3.05, 3.63) is 0 Å². The largest absolute Gasteiger partial charge is 0.481 e. The van der Waals surface area contributed by atoms with Gasteiger partial charge in [-0.2, -0.15) is 0 Å². The first-order valence-electron chi connectivity index (χ1n) is 11.9. The van der Waals surface area contributed by atoms with Gasteiger partial charge in [0.15, 0.2) is 0 Å². The average molecular weight is 551 g/mol. The molecule has 0 saturated carbocycles. The molecular formula is C22H38N4O12. The van der Waals surface area contributed by atoms with Crippen molar-refractivity contribution in [1.29, 1.82) is 0 Å². The Hall–Kier alpha value is -3.34. The molecule has 38 heavy (non-hydrogen) atoms. The SMILES string of the molecule is NCCCNCCCCNCC(CC(=O)O)(CC(=O)O)C(CC(=O)O)(CC(=O)O)N(CC(=O)O)CC(=O)O. The highest BCUT2D eigenvalue weighted by molar-refractivity contribution is 5.79. The Kier molecular flexibility index (Phi) is 15.7. The molecule has 16 heteroatoms. The van der Waals surface area contributed by atoms with Crippen LogP contribution in [0.1, 0.15) is 44.9 Å². The smallest absolute Gasteiger partial charge is 0.317 e. The van der Waals surface area contributed by atoms with E-state index < -0.39 is 92.1 Å². The molecule has 0 spiro atoms. The van der Waals surface area contributed by atoms with Crippen LogP contribution in [0.25, 0.3) is 0 Å². The zero-order valence-corrected chi connectivity index (χ0v) is 21.1. The Morgan fingerprint density at radius 2 is 0.974 bits per heavy atom. The van der Waals surface area contributed by atoms with E-state index in [1.165, 1.54) is 0 Å². The maximum absolute atomic E-state index is 12.0. The van der Waals surface area contributed by atoms with Gasteiger partial charge in [-0.25, -0.2) is 0 Å². The van der Waals surface area contributed by atoms with Crippen LogP contribution in [-0.4, -0.2) is 123 Å². The van der Waals surface area contributed by atoms with Crippen molar-refractivity contribution in [2.24, 2.45) is 11.1 Å². The summed E-state index contributed by atoms with van der Waals surface area (Å²) in [6.07, 6.45) is -2.66. The topological polar surface area (TPSA) is 277 Å². The van der Waals surface area contributed by atoms with Gasteiger partial charge in [0.1, 0.15) is 0 Å². The van der Waals surface area contributed by atoms with Crippen molar-refractivity contribution in [2.45, 2.75) is 50.5 Å². The summed E-state index contributed by atoms with van der Waals surface area (Å²) in [7, 11) is 0. The molecule has 0 unspecified atom stereocenters. The van der Waals surface area contributed by atoms with E-state index >= 15 is 0 Å². The average Bonchev–Trinajstić information content (AvgIpc) is 2.74. The minimum absolute atomic E-state index is 0.202. The molecule has 0 aromatic carbocycles. The van der Waals surface area contributed by atoms with Crippen LogP contribution in [0.3, 0.4) is 0 Å². The molecule has 0 radical (unpaired) electrons. The van der Waals surface area contributed by atoms with Crippen LogP contribution < -0.4 is 16.4 Å². The molecule has 0 fully saturated rings. The van der Waals surface area contributed by atoms with Crippen LogP contribution in [0.2, 0.25) is 0 Å². The second-order valence-corrected chi connectivity index (χ2v) is 9.01. The third-order valence-corrected chi connectivity index (χ3v) is 6.09. The number of rotatable bonds is 24. The fourth-order valence-corrected chi connectivity index (χ4v) is 4.62. The van der Waals surface area contributed by atoms with Crippen LogP contribution >= 0.6 is 0 Å². The first-order valence-corrected chi connectivity index (χ1v) is 11.9. The van der Waals surface area contributed by atoms with Gasteiger partial charge in [0.25, 0.3) is 0 Å². The first-order chi connectivity index (χ1) is 17.7. The molecule has 0 saturated heterocycles. The van der Waals surface area contributed by atoms with Crippen molar-refractivity contribution in [3.8, 4) is 0 Å². The lowest BCUT2D eigenvalue weighted by molar-refractivity contribution is -0.170. The number of hydrogen-bond acceptors (Lipinski definition) is 10. The van der Waals surface area contributed by atoms with E-state index in [-0.39, 0.29) is 6.54 Å². The standard InChI is InChI=1S/C22H38N4O12/c23-4-3-7-24-5-1-2-6-25-14-21(8-15(27)28,9-16(29)30)22(10-17(31)32,11-18(33)34)26(12-19(35)36)13-20(37)38/h24-25H,1-14,23H2,(H,27,28)(H,29,30)(H,31,32)(H,33,34)(H,35,36)(H,37,38). The third kappa shape index (κ3) is 12.3. The second-order valence-electron chi connectivity index (χ2n) is 9.01. The predicted molar refractivity (Wildman–Crippen MR) is 130 cm³/mol. The molecule has 0 heterocycles. The van der Waals surface area contributed by atoms with Gasteiger partial charge < -0.3 is 47.0 Å². The summed E-state index contributed by atoms with van der Waals surface area (Å²) in [5.74, 6) is -9.92. The van der Waals surface area contributed by atoms with E-state index in [4.69, 9.17) is 5.73 Å². The van der Waals surface area contributed by atoms with Crippen molar-refractivity contribution in [3.63, 3.8) is 0 Å². The lowest BCUT2D eigenvalue weighted by Crippen LogP contribution is -2.67. The van der Waals surface area contributed by atoms with Crippen LogP contribution in [0.5, 0.6) is 0 Å². The summed E-state index contributed by atoms with van der Waals surface area (Å²) in [4.78, 5) is 71.6. The first kappa shape index (κ1) is 34.7. The molecule has 0 aliphatic heterocycles. The van der Waals surface area contributed by atoms with Crippen LogP contribution in [0.4, 0.5) is 0 Å². The Morgan fingerprint density at radius 1 is 0.579 bits per heavy atom. The Morgan fingerprint density at radius 3 is 1.34 bits per heavy atom. The molecule has 218 valence electrons. The van der Waals surface area contributed by atoms with E-state index in [0.29, 0.717) is 37.4 Å². The minimum Gasteiger partial charge on any atom is -0.481 e. The minimum atomic E-state index is -2.53. The number of nitrogens with two attached hydrogens (primary N) is 1. The van der Waals surface area contributed by atoms with Gasteiger partial charge >= 0.3 is 35.8 Å². The number of carbonyl (C=O) groups is 6. The monoisotopic (exact) mass is 550 g/mol. The highest BCUT2D eigenvalue weighted by atomic mass is 16.4. The fraction of sp³-hybridized carbons (Fsp3) is 0.727. The molecule has 0 aliphatic carbocycles. The Labute approximate surface area is 218 Å². The lowest BCUT2D eigenvalue weighted by atomic mass is 9.60. The zero-order chi connectivity index (χ0) is 29.4. The Balaban J connectivity index is 6.61. The van der Waals surface area contributed by atoms with Gasteiger partial charge in [-0.15, -0.1) is 0 Å². The third-order valence-electron chi connectivity index (χ3n) is 6.09. The quantitative estimate of drug-likeness (QED) is 0.0611. The van der Waals surface area contributed by atoms with E-state index in [1.807, 2.05) is 0 Å². The summed E-state index contributed by atoms with van der Waals surface area (Å²) < 4.78 is 0. The molecule has 16 nitrogen and oxygen atoms in total. The molecule has 0 amide bonds. The maximum Gasteiger partial charge on any atom is 0.317 e. The van der Waals surface area contributed by atoms with Crippen LogP contribution in [0, 0.1) is 5.41 Å². The van der Waals surface area contributed by atoms with Gasteiger partial charge in [0.2, 0.25) is 0 Å². The number of aliphatic carboxylic acids is 6. The molecule has 0 aliphatic rings. The summed E-state index contributed by atoms with van der Waals surface area (Å²) in [6, 6.07) is 0. The van der Waals surface area contributed by atoms with Crippen LogP contribution in [0.15, 0.2) is 0 Å². The molecule has 0 aromatic heterocycles. The molecular weight excluding hydrogens is 512 g/mol. The summed E-state index contributed by atoms with van der Waals surface area (Å²) in [5.41, 5.74) is 0.636. The fourth-order valence-electron chi connectivity index (χ4n) is 4.62. The second kappa shape index (κ2) is 17.2. The highest BCUT2D eigenvalue weighted by Gasteiger charge is 2.59. The van der Waals surface area contributed by atoms with Gasteiger partial charge in [-0.05, 0) is 45.4 Å². The normalized spacial score (nSPS) is 11.8. The van der Waals surface area contributed by atoms with E-state index in [1.54, 1.807) is 0 Å². The summed E-state index contributed by atoms with van der Waals surface area (Å²) in [5, 5.41) is 63.6. The molecule has 10 N–H and O–H groups in total. The molecule has 0 aromatic rings. The predicted octanol–water partition coefficient (Wildman–Crippen LogP) is -1.61. The molecule has 0 rings (SSSR count). The van der Waals surface area contributed by atoms with E-state index in [2.05, 4.69) is 10.6 Å². The summed E-state index contributed by atoms with van der Waals surface area (Å²) >= 11 is 0. The van der Waals surface area contributed by atoms with Crippen molar-refractivity contribution in [1.82, 2.24) is 15.5 Å². The van der Waals surface area contributed by atoms with Crippen molar-refractivity contribution >= 4 is 35.8 Å².